The summed E-state index contributed by atoms with van der Waals surface area (Å²) < 4.78 is 0. The molecule has 0 N–H and O–H groups in total. The van der Waals surface area contributed by atoms with E-state index >= 15 is 0 Å². The van der Waals surface area contributed by atoms with Gasteiger partial charge < -0.3 is 4.90 Å². The van der Waals surface area contributed by atoms with Crippen LogP contribution in [0, 0.1) is 5.41 Å². The maximum atomic E-state index is 12.7. The van der Waals surface area contributed by atoms with E-state index in [9.17, 15) is 14.4 Å². The Kier molecular flexibility index (Phi) is 7.76. The number of benzene rings is 1. The van der Waals surface area contributed by atoms with E-state index in [2.05, 4.69) is 12.1 Å². The summed E-state index contributed by atoms with van der Waals surface area (Å²) in [6, 6.07) is 9.96. The summed E-state index contributed by atoms with van der Waals surface area (Å²) in [6.07, 6.45) is 6.93. The minimum absolute atomic E-state index is 0.115. The lowest BCUT2D eigenvalue weighted by atomic mass is 9.88. The number of aryl methyl sites for hydroxylation is 1. The van der Waals surface area contributed by atoms with Crippen molar-refractivity contribution in [2.24, 2.45) is 5.41 Å². The highest BCUT2D eigenvalue weighted by Gasteiger charge is 2.38. The number of hydrogen-bond donors (Lipinski definition) is 0. The van der Waals surface area contributed by atoms with Crippen LogP contribution < -0.4 is 0 Å². The summed E-state index contributed by atoms with van der Waals surface area (Å²) in [5, 5.41) is 0. The molecule has 1 aromatic rings. The molecule has 0 bridgehead atoms. The standard InChI is InChI=1S/C23H33NO3/c1-23(2,3)21(26)22(27)24-17-11-10-15-19(24)20(25)16-9-5-8-14-18-12-6-4-7-13-18/h4,6-7,12-13,19H,5,8-11,14-17H2,1-3H3/t19-/m0/s1. The molecule has 0 saturated carbocycles. The molecule has 1 saturated heterocycles. The second-order valence-electron chi connectivity index (χ2n) is 8.60. The number of unbranched alkanes of at least 4 members (excludes halogenated alkanes) is 2. The van der Waals surface area contributed by atoms with Crippen molar-refractivity contribution >= 4 is 17.5 Å². The fourth-order valence-corrected chi connectivity index (χ4v) is 3.58. The van der Waals surface area contributed by atoms with Gasteiger partial charge in [-0.15, -0.1) is 0 Å². The average molecular weight is 372 g/mol. The zero-order valence-electron chi connectivity index (χ0n) is 17.0. The second kappa shape index (κ2) is 9.82. The smallest absolute Gasteiger partial charge is 0.291 e. The van der Waals surface area contributed by atoms with E-state index in [1.54, 1.807) is 25.7 Å². The lowest BCUT2D eigenvalue weighted by molar-refractivity contribution is -0.153. The van der Waals surface area contributed by atoms with Crippen LogP contribution in [0.5, 0.6) is 0 Å². The topological polar surface area (TPSA) is 54.5 Å². The van der Waals surface area contributed by atoms with Gasteiger partial charge in [-0.2, -0.15) is 0 Å². The van der Waals surface area contributed by atoms with Gasteiger partial charge in [0.2, 0.25) is 5.78 Å². The number of carbonyl (C=O) groups excluding carboxylic acids is 3. The zero-order valence-corrected chi connectivity index (χ0v) is 17.0. The summed E-state index contributed by atoms with van der Waals surface area (Å²) in [7, 11) is 0. The monoisotopic (exact) mass is 371 g/mol. The van der Waals surface area contributed by atoms with Crippen LogP contribution in [0.25, 0.3) is 0 Å². The second-order valence-corrected chi connectivity index (χ2v) is 8.60. The lowest BCUT2D eigenvalue weighted by Gasteiger charge is -2.35. The molecule has 4 nitrogen and oxygen atoms in total. The molecule has 1 aromatic carbocycles. The Morgan fingerprint density at radius 2 is 1.70 bits per heavy atom. The van der Waals surface area contributed by atoms with E-state index in [-0.39, 0.29) is 5.78 Å². The highest BCUT2D eigenvalue weighted by molar-refractivity contribution is 6.38. The minimum atomic E-state index is -0.709. The van der Waals surface area contributed by atoms with Crippen LogP contribution in [0.1, 0.15) is 71.3 Å². The Labute approximate surface area is 163 Å². The Morgan fingerprint density at radius 1 is 1.00 bits per heavy atom. The molecule has 0 spiro atoms. The molecule has 1 fully saturated rings. The van der Waals surface area contributed by atoms with Crippen molar-refractivity contribution in [3.8, 4) is 0 Å². The van der Waals surface area contributed by atoms with Crippen LogP contribution in [0.4, 0.5) is 0 Å². The van der Waals surface area contributed by atoms with Gasteiger partial charge in [-0.25, -0.2) is 0 Å². The molecular formula is C23H33NO3. The Hall–Kier alpha value is -1.97. The fourth-order valence-electron chi connectivity index (χ4n) is 3.58. The first-order valence-corrected chi connectivity index (χ1v) is 10.2. The first-order valence-electron chi connectivity index (χ1n) is 10.2. The van der Waals surface area contributed by atoms with Crippen molar-refractivity contribution in [3.63, 3.8) is 0 Å². The quantitative estimate of drug-likeness (QED) is 0.504. The summed E-state index contributed by atoms with van der Waals surface area (Å²) >= 11 is 0. The number of nitrogens with zero attached hydrogens (tertiary/aromatic N) is 1. The third-order valence-electron chi connectivity index (χ3n) is 5.24. The van der Waals surface area contributed by atoms with E-state index < -0.39 is 23.1 Å². The molecule has 2 rings (SSSR count). The van der Waals surface area contributed by atoms with Gasteiger partial charge in [0.15, 0.2) is 5.78 Å². The predicted molar refractivity (Wildman–Crippen MR) is 107 cm³/mol. The number of Topliss-reactive ketones (excluding diaryl/α,β-unsaturated/α-hetero) is 2. The van der Waals surface area contributed by atoms with Gasteiger partial charge in [0.05, 0.1) is 6.04 Å². The Morgan fingerprint density at radius 3 is 2.37 bits per heavy atom. The number of ketones is 2. The molecule has 148 valence electrons. The van der Waals surface area contributed by atoms with Crippen LogP contribution in [-0.4, -0.2) is 35.0 Å². The number of rotatable bonds is 8. The number of carbonyl (C=O) groups is 3. The molecule has 4 heteroatoms. The summed E-state index contributed by atoms with van der Waals surface area (Å²) in [5.74, 6) is -0.765. The SMILES string of the molecule is CC(C)(C)C(=O)C(=O)N1CCCC[C@H]1C(=O)CCCCCc1ccccc1. The third kappa shape index (κ3) is 6.30. The summed E-state index contributed by atoms with van der Waals surface area (Å²) in [5.41, 5.74) is 0.619. The first kappa shape index (κ1) is 21.3. The number of likely N-dealkylation sites (tertiary alicyclic amines) is 1. The Balaban J connectivity index is 1.82. The maximum Gasteiger partial charge on any atom is 0.291 e. The third-order valence-corrected chi connectivity index (χ3v) is 5.24. The van der Waals surface area contributed by atoms with Crippen LogP contribution in [0.15, 0.2) is 30.3 Å². The van der Waals surface area contributed by atoms with E-state index in [4.69, 9.17) is 0 Å². The van der Waals surface area contributed by atoms with Crippen molar-refractivity contribution in [1.82, 2.24) is 4.90 Å². The van der Waals surface area contributed by atoms with E-state index in [0.29, 0.717) is 19.4 Å². The minimum Gasteiger partial charge on any atom is -0.326 e. The van der Waals surface area contributed by atoms with Crippen molar-refractivity contribution in [2.45, 2.75) is 78.2 Å². The number of amides is 1. The van der Waals surface area contributed by atoms with Crippen LogP contribution in [0.2, 0.25) is 0 Å². The van der Waals surface area contributed by atoms with E-state index in [1.165, 1.54) is 5.56 Å². The van der Waals surface area contributed by atoms with Gasteiger partial charge in [0.1, 0.15) is 0 Å². The molecule has 27 heavy (non-hydrogen) atoms. The molecule has 1 aliphatic rings. The maximum absolute atomic E-state index is 12.7. The molecule has 1 heterocycles. The van der Waals surface area contributed by atoms with Crippen LogP contribution in [-0.2, 0) is 20.8 Å². The number of hydrogen-bond acceptors (Lipinski definition) is 3. The van der Waals surface area contributed by atoms with Gasteiger partial charge in [-0.05, 0) is 44.1 Å². The van der Waals surface area contributed by atoms with Crippen LogP contribution in [0.3, 0.4) is 0 Å². The van der Waals surface area contributed by atoms with Gasteiger partial charge in [-0.3, -0.25) is 14.4 Å². The predicted octanol–water partition coefficient (Wildman–Crippen LogP) is 4.35. The molecular weight excluding hydrogens is 338 g/mol. The van der Waals surface area contributed by atoms with E-state index in [0.717, 1.165) is 38.5 Å². The molecule has 0 radical (unpaired) electrons. The summed E-state index contributed by atoms with van der Waals surface area (Å²) in [4.78, 5) is 39.2. The van der Waals surface area contributed by atoms with Crippen molar-refractivity contribution in [2.75, 3.05) is 6.54 Å². The molecule has 1 atom stereocenters. The molecule has 0 unspecified atom stereocenters. The van der Waals surface area contributed by atoms with Crippen LogP contribution >= 0.6 is 0 Å². The van der Waals surface area contributed by atoms with Gasteiger partial charge in [-0.1, -0.05) is 57.5 Å². The van der Waals surface area contributed by atoms with Gasteiger partial charge in [0, 0.05) is 18.4 Å². The Bertz CT molecular complexity index is 645. The summed E-state index contributed by atoms with van der Waals surface area (Å²) in [6.45, 7) is 5.77. The highest BCUT2D eigenvalue weighted by Crippen LogP contribution is 2.24. The van der Waals surface area contributed by atoms with Gasteiger partial charge in [0.25, 0.3) is 5.91 Å². The average Bonchev–Trinajstić information content (AvgIpc) is 2.66. The van der Waals surface area contributed by atoms with Crippen molar-refractivity contribution in [1.29, 1.82) is 0 Å². The van der Waals surface area contributed by atoms with E-state index in [1.807, 2.05) is 18.2 Å². The normalized spacial score (nSPS) is 17.6. The zero-order chi connectivity index (χ0) is 19.9. The fraction of sp³-hybridized carbons (Fsp3) is 0.609. The molecule has 1 aliphatic heterocycles. The largest absolute Gasteiger partial charge is 0.326 e. The highest BCUT2D eigenvalue weighted by atomic mass is 16.2. The van der Waals surface area contributed by atoms with Crippen molar-refractivity contribution < 1.29 is 14.4 Å². The van der Waals surface area contributed by atoms with Gasteiger partial charge >= 0.3 is 0 Å². The molecule has 0 aliphatic carbocycles. The van der Waals surface area contributed by atoms with Crippen molar-refractivity contribution in [3.05, 3.63) is 35.9 Å². The molecule has 0 aromatic heterocycles. The lowest BCUT2D eigenvalue weighted by Crippen LogP contribution is -2.52. The number of piperidine rings is 1. The first-order chi connectivity index (χ1) is 12.8. The molecule has 1 amide bonds.